The van der Waals surface area contributed by atoms with Crippen LogP contribution in [0.3, 0.4) is 0 Å². The van der Waals surface area contributed by atoms with Crippen molar-refractivity contribution in [1.82, 2.24) is 19.7 Å². The molecule has 1 N–H and O–H groups in total. The molecule has 8 heteroatoms. The summed E-state index contributed by atoms with van der Waals surface area (Å²) in [6.07, 6.45) is 1.78. The number of hydrogen-bond acceptors (Lipinski definition) is 6. The van der Waals surface area contributed by atoms with Crippen molar-refractivity contribution in [1.29, 1.82) is 0 Å². The van der Waals surface area contributed by atoms with Crippen LogP contribution in [-0.2, 0) is 7.05 Å². The number of nitrogens with one attached hydrogen (secondary N) is 1. The molecule has 0 spiro atoms. The Morgan fingerprint density at radius 1 is 1.21 bits per heavy atom. The minimum Gasteiger partial charge on any atom is -0.354 e. The van der Waals surface area contributed by atoms with Gasteiger partial charge in [-0.05, 0) is 23.6 Å². The number of fused-ring (bicyclic) bond motifs is 1. The first kappa shape index (κ1) is 18.7. The number of aromatic nitrogens is 4. The Labute approximate surface area is 168 Å². The molecular weight excluding hydrogens is 372 g/mol. The third-order valence-corrected chi connectivity index (χ3v) is 5.84. The molecule has 0 aliphatic carbocycles. The predicted molar refractivity (Wildman–Crippen MR) is 114 cm³/mol. The second kappa shape index (κ2) is 7.79. The van der Waals surface area contributed by atoms with E-state index in [9.17, 15) is 4.79 Å². The number of nitrogens with zero attached hydrogens (tertiary/aromatic N) is 5. The van der Waals surface area contributed by atoms with E-state index < -0.39 is 0 Å². The number of rotatable bonds is 4. The summed E-state index contributed by atoms with van der Waals surface area (Å²) in [5, 5.41) is 8.14. The second-order valence-corrected chi connectivity index (χ2v) is 8.43. The lowest BCUT2D eigenvalue weighted by Gasteiger charge is -2.28. The molecular formula is C20H24N6OS. The van der Waals surface area contributed by atoms with E-state index in [4.69, 9.17) is 0 Å². The van der Waals surface area contributed by atoms with Gasteiger partial charge in [0.05, 0.1) is 11.6 Å². The maximum Gasteiger partial charge on any atom is 0.293 e. The maximum absolute atomic E-state index is 12.9. The molecule has 1 aliphatic heterocycles. The zero-order valence-electron chi connectivity index (χ0n) is 16.3. The lowest BCUT2D eigenvalue weighted by atomic mass is 10.0. The maximum atomic E-state index is 12.9. The summed E-state index contributed by atoms with van der Waals surface area (Å²) in [5.41, 5.74) is 2.59. The highest BCUT2D eigenvalue weighted by Gasteiger charge is 2.22. The molecule has 0 bridgehead atoms. The average Bonchev–Trinajstić information content (AvgIpc) is 3.09. The highest BCUT2D eigenvalue weighted by atomic mass is 32.2. The molecule has 1 amide bonds. The van der Waals surface area contributed by atoms with Gasteiger partial charge in [0, 0.05) is 37.3 Å². The fraction of sp³-hybridized carbons (Fsp3) is 0.400. The summed E-state index contributed by atoms with van der Waals surface area (Å²) in [5.74, 6) is 3.14. The second-order valence-electron chi connectivity index (χ2n) is 7.21. The van der Waals surface area contributed by atoms with Crippen molar-refractivity contribution in [2.75, 3.05) is 34.8 Å². The number of carbonyl (C=O) groups excluding carboxylic acids is 1. The van der Waals surface area contributed by atoms with E-state index in [1.807, 2.05) is 37.0 Å². The Hall–Kier alpha value is -2.61. The molecule has 0 saturated carbocycles. The van der Waals surface area contributed by atoms with E-state index in [0.29, 0.717) is 11.6 Å². The van der Waals surface area contributed by atoms with E-state index >= 15 is 0 Å². The van der Waals surface area contributed by atoms with E-state index in [0.717, 1.165) is 41.5 Å². The van der Waals surface area contributed by atoms with Crippen molar-refractivity contribution in [2.45, 2.75) is 19.8 Å². The van der Waals surface area contributed by atoms with Gasteiger partial charge in [0.15, 0.2) is 5.65 Å². The molecule has 28 heavy (non-hydrogen) atoms. The molecule has 0 unspecified atom stereocenters. The van der Waals surface area contributed by atoms with Gasteiger partial charge >= 0.3 is 0 Å². The van der Waals surface area contributed by atoms with Crippen LogP contribution in [0.5, 0.6) is 0 Å². The minimum atomic E-state index is -0.309. The lowest BCUT2D eigenvalue weighted by molar-refractivity contribution is 0.101. The number of carbonyl (C=O) groups is 1. The number of hydrogen-bond donors (Lipinski definition) is 1. The van der Waals surface area contributed by atoms with Crippen LogP contribution in [0.1, 0.15) is 35.9 Å². The van der Waals surface area contributed by atoms with Crippen LogP contribution in [0.25, 0.3) is 11.0 Å². The van der Waals surface area contributed by atoms with Crippen LogP contribution < -0.4 is 10.2 Å². The summed E-state index contributed by atoms with van der Waals surface area (Å²) in [6, 6.07) is 7.89. The third kappa shape index (κ3) is 3.69. The Balaban J connectivity index is 1.68. The largest absolute Gasteiger partial charge is 0.354 e. The van der Waals surface area contributed by atoms with Crippen LogP contribution >= 0.6 is 11.8 Å². The van der Waals surface area contributed by atoms with Gasteiger partial charge in [0.1, 0.15) is 5.82 Å². The van der Waals surface area contributed by atoms with Gasteiger partial charge < -0.3 is 10.2 Å². The van der Waals surface area contributed by atoms with Crippen LogP contribution in [0.2, 0.25) is 0 Å². The SMILES string of the molecule is CC(C)c1cccc(NC(=O)c2nc(N3CCSCC3)c3cnn(C)c3n2)c1. The number of anilines is 2. The molecule has 7 nitrogen and oxygen atoms in total. The summed E-state index contributed by atoms with van der Waals surface area (Å²) >= 11 is 1.93. The normalized spacial score (nSPS) is 14.6. The van der Waals surface area contributed by atoms with Crippen molar-refractivity contribution in [3.05, 3.63) is 41.9 Å². The molecule has 1 fully saturated rings. The van der Waals surface area contributed by atoms with Gasteiger partial charge in [0.25, 0.3) is 5.91 Å². The highest BCUT2D eigenvalue weighted by Crippen LogP contribution is 2.26. The van der Waals surface area contributed by atoms with Gasteiger partial charge in [-0.3, -0.25) is 9.48 Å². The smallest absolute Gasteiger partial charge is 0.293 e. The third-order valence-electron chi connectivity index (χ3n) is 4.90. The summed E-state index contributed by atoms with van der Waals surface area (Å²) < 4.78 is 1.69. The molecule has 3 aromatic rings. The Kier molecular flexibility index (Phi) is 5.21. The van der Waals surface area contributed by atoms with Crippen LogP contribution in [0.4, 0.5) is 11.5 Å². The van der Waals surface area contributed by atoms with Crippen LogP contribution in [0.15, 0.2) is 30.5 Å². The minimum absolute atomic E-state index is 0.166. The first-order chi connectivity index (χ1) is 13.5. The Morgan fingerprint density at radius 2 is 2.00 bits per heavy atom. The summed E-state index contributed by atoms with van der Waals surface area (Å²) in [4.78, 5) is 24.3. The van der Waals surface area contributed by atoms with Gasteiger partial charge in [-0.25, -0.2) is 9.97 Å². The van der Waals surface area contributed by atoms with Crippen molar-refractivity contribution in [3.63, 3.8) is 0 Å². The molecule has 146 valence electrons. The van der Waals surface area contributed by atoms with Crippen molar-refractivity contribution >= 4 is 40.2 Å². The molecule has 3 heterocycles. The van der Waals surface area contributed by atoms with Gasteiger partial charge in [-0.15, -0.1) is 0 Å². The number of benzene rings is 1. The Bertz CT molecular complexity index is 1010. The van der Waals surface area contributed by atoms with Crippen molar-refractivity contribution in [3.8, 4) is 0 Å². The lowest BCUT2D eigenvalue weighted by Crippen LogP contribution is -2.34. The van der Waals surface area contributed by atoms with Crippen LogP contribution in [-0.4, -0.2) is 50.3 Å². The number of amides is 1. The molecule has 2 aromatic heterocycles. The predicted octanol–water partition coefficient (Wildman–Crippen LogP) is 3.29. The molecule has 1 aliphatic rings. The fourth-order valence-electron chi connectivity index (χ4n) is 3.29. The first-order valence-electron chi connectivity index (χ1n) is 9.46. The number of thioether (sulfide) groups is 1. The highest BCUT2D eigenvalue weighted by molar-refractivity contribution is 7.99. The standard InChI is InChI=1S/C20H24N6OS/c1-13(2)14-5-4-6-15(11-14)22-20(27)17-23-18-16(12-21-25(18)3)19(24-17)26-7-9-28-10-8-26/h4-6,11-13H,7-10H2,1-3H3,(H,22,27). The van der Waals surface area contributed by atoms with E-state index in [2.05, 4.69) is 45.2 Å². The van der Waals surface area contributed by atoms with Gasteiger partial charge in [-0.2, -0.15) is 16.9 Å². The zero-order chi connectivity index (χ0) is 19.7. The van der Waals surface area contributed by atoms with E-state index in [1.165, 1.54) is 5.56 Å². The van der Waals surface area contributed by atoms with Crippen molar-refractivity contribution in [2.24, 2.45) is 7.05 Å². The monoisotopic (exact) mass is 396 g/mol. The molecule has 0 radical (unpaired) electrons. The van der Waals surface area contributed by atoms with Gasteiger partial charge in [-0.1, -0.05) is 26.0 Å². The quantitative estimate of drug-likeness (QED) is 0.729. The summed E-state index contributed by atoms with van der Waals surface area (Å²) in [6.45, 7) is 6.07. The van der Waals surface area contributed by atoms with E-state index in [-0.39, 0.29) is 11.7 Å². The molecule has 1 aromatic carbocycles. The zero-order valence-corrected chi connectivity index (χ0v) is 17.2. The fourth-order valence-corrected chi connectivity index (χ4v) is 4.19. The van der Waals surface area contributed by atoms with Crippen LogP contribution in [0, 0.1) is 0 Å². The average molecular weight is 397 g/mol. The Morgan fingerprint density at radius 3 is 2.75 bits per heavy atom. The molecule has 0 atom stereocenters. The first-order valence-corrected chi connectivity index (χ1v) is 10.6. The van der Waals surface area contributed by atoms with E-state index in [1.54, 1.807) is 10.9 Å². The molecule has 1 saturated heterocycles. The number of aryl methyl sites for hydroxylation is 1. The summed E-state index contributed by atoms with van der Waals surface area (Å²) in [7, 11) is 1.83. The van der Waals surface area contributed by atoms with Crippen molar-refractivity contribution < 1.29 is 4.79 Å². The molecule has 4 rings (SSSR count). The topological polar surface area (TPSA) is 75.9 Å². The van der Waals surface area contributed by atoms with Gasteiger partial charge in [0.2, 0.25) is 5.82 Å².